The van der Waals surface area contributed by atoms with Gasteiger partial charge in [0, 0.05) is 19.6 Å². The van der Waals surface area contributed by atoms with Crippen molar-refractivity contribution in [3.8, 4) is 6.07 Å². The summed E-state index contributed by atoms with van der Waals surface area (Å²) in [6, 6.07) is 2.31. The summed E-state index contributed by atoms with van der Waals surface area (Å²) >= 11 is 0. The van der Waals surface area contributed by atoms with E-state index in [1.54, 1.807) is 0 Å². The highest BCUT2D eigenvalue weighted by molar-refractivity contribution is 5.06. The van der Waals surface area contributed by atoms with E-state index in [9.17, 15) is 18.4 Å². The predicted octanol–water partition coefficient (Wildman–Crippen LogP) is 3.80. The van der Waals surface area contributed by atoms with Gasteiger partial charge in [0.25, 0.3) is 0 Å². The van der Waals surface area contributed by atoms with E-state index < -0.39 is 18.1 Å². The Morgan fingerprint density at radius 1 is 1.10 bits per heavy atom. The van der Waals surface area contributed by atoms with Gasteiger partial charge in [0.15, 0.2) is 0 Å². The Labute approximate surface area is 119 Å². The Morgan fingerprint density at radius 2 is 1.70 bits per heavy atom. The van der Waals surface area contributed by atoms with E-state index in [1.165, 1.54) is 0 Å². The minimum atomic E-state index is -4.11. The molecule has 0 amide bonds. The lowest BCUT2D eigenvalue weighted by Gasteiger charge is -2.26. The monoisotopic (exact) mass is 294 g/mol. The predicted molar refractivity (Wildman–Crippen MR) is 72.3 cm³/mol. The summed E-state index contributed by atoms with van der Waals surface area (Å²) in [6.07, 6.45) is -1.93. The normalized spacial score (nSPS) is 14.8. The van der Waals surface area contributed by atoms with Crippen LogP contribution in [0, 0.1) is 11.3 Å². The second-order valence-electron chi connectivity index (χ2n) is 4.91. The Morgan fingerprint density at radius 3 is 2.15 bits per heavy atom. The van der Waals surface area contributed by atoms with Gasteiger partial charge in [-0.25, -0.2) is 0 Å². The zero-order valence-electron chi connectivity index (χ0n) is 12.4. The SMILES string of the molecule is CCCNC(C#N)(CC)CCCOCCCC(F)(F)F. The van der Waals surface area contributed by atoms with Crippen LogP contribution >= 0.6 is 0 Å². The summed E-state index contributed by atoms with van der Waals surface area (Å²) in [6.45, 7) is 5.29. The molecule has 6 heteroatoms. The lowest BCUT2D eigenvalue weighted by atomic mass is 9.92. The fourth-order valence-corrected chi connectivity index (χ4v) is 1.88. The largest absolute Gasteiger partial charge is 0.389 e. The van der Waals surface area contributed by atoms with Crippen molar-refractivity contribution >= 4 is 0 Å². The van der Waals surface area contributed by atoms with Crippen LogP contribution in [0.25, 0.3) is 0 Å². The van der Waals surface area contributed by atoms with E-state index in [0.717, 1.165) is 13.0 Å². The van der Waals surface area contributed by atoms with E-state index in [1.807, 2.05) is 13.8 Å². The summed E-state index contributed by atoms with van der Waals surface area (Å²) in [5.74, 6) is 0. The highest BCUT2D eigenvalue weighted by Crippen LogP contribution is 2.21. The number of hydrogen-bond acceptors (Lipinski definition) is 3. The maximum atomic E-state index is 11.9. The third-order valence-corrected chi connectivity index (χ3v) is 3.17. The molecule has 0 aliphatic heterocycles. The summed E-state index contributed by atoms with van der Waals surface area (Å²) in [5, 5.41) is 12.5. The van der Waals surface area contributed by atoms with Crippen LogP contribution in [0.5, 0.6) is 0 Å². The van der Waals surface area contributed by atoms with Gasteiger partial charge in [-0.05, 0) is 38.6 Å². The van der Waals surface area contributed by atoms with Gasteiger partial charge in [-0.2, -0.15) is 18.4 Å². The minimum Gasteiger partial charge on any atom is -0.381 e. The quantitative estimate of drug-likeness (QED) is 0.590. The van der Waals surface area contributed by atoms with Crippen molar-refractivity contribution in [3.05, 3.63) is 0 Å². The molecule has 0 spiro atoms. The summed E-state index contributed by atoms with van der Waals surface area (Å²) < 4.78 is 40.9. The molecule has 20 heavy (non-hydrogen) atoms. The van der Waals surface area contributed by atoms with E-state index in [0.29, 0.717) is 25.9 Å². The van der Waals surface area contributed by atoms with Crippen molar-refractivity contribution in [2.45, 2.75) is 64.1 Å². The van der Waals surface area contributed by atoms with Gasteiger partial charge in [0.2, 0.25) is 0 Å². The number of rotatable bonds is 11. The second kappa shape index (κ2) is 10.0. The Hall–Kier alpha value is -0.800. The first-order valence-electron chi connectivity index (χ1n) is 7.20. The van der Waals surface area contributed by atoms with Crippen LogP contribution < -0.4 is 5.32 Å². The maximum absolute atomic E-state index is 11.9. The molecule has 0 radical (unpaired) electrons. The molecule has 0 bridgehead atoms. The first-order chi connectivity index (χ1) is 9.39. The molecular weight excluding hydrogens is 269 g/mol. The molecule has 1 unspecified atom stereocenters. The molecule has 0 saturated heterocycles. The topological polar surface area (TPSA) is 45.0 Å². The number of nitrogens with zero attached hydrogens (tertiary/aromatic N) is 1. The summed E-state index contributed by atoms with van der Waals surface area (Å²) in [5.41, 5.74) is -0.536. The van der Waals surface area contributed by atoms with E-state index in [4.69, 9.17) is 4.74 Å². The maximum Gasteiger partial charge on any atom is 0.389 e. The van der Waals surface area contributed by atoms with Crippen LogP contribution in [0.15, 0.2) is 0 Å². The lowest BCUT2D eigenvalue weighted by Crippen LogP contribution is -2.44. The summed E-state index contributed by atoms with van der Waals surface area (Å²) in [4.78, 5) is 0. The van der Waals surface area contributed by atoms with E-state index in [-0.39, 0.29) is 13.0 Å². The summed E-state index contributed by atoms with van der Waals surface area (Å²) in [7, 11) is 0. The zero-order valence-corrected chi connectivity index (χ0v) is 12.4. The van der Waals surface area contributed by atoms with Gasteiger partial charge in [-0.3, -0.25) is 5.32 Å². The molecule has 118 valence electrons. The molecule has 0 aromatic carbocycles. The third kappa shape index (κ3) is 9.16. The van der Waals surface area contributed by atoms with Crippen LogP contribution in [0.2, 0.25) is 0 Å². The molecule has 0 heterocycles. The molecule has 0 fully saturated rings. The van der Waals surface area contributed by atoms with Crippen molar-refractivity contribution in [1.82, 2.24) is 5.32 Å². The van der Waals surface area contributed by atoms with Crippen LogP contribution in [0.4, 0.5) is 13.2 Å². The number of hydrogen-bond donors (Lipinski definition) is 1. The molecule has 0 aliphatic rings. The second-order valence-corrected chi connectivity index (χ2v) is 4.91. The lowest BCUT2D eigenvalue weighted by molar-refractivity contribution is -0.137. The Bertz CT molecular complexity index is 289. The van der Waals surface area contributed by atoms with Gasteiger partial charge < -0.3 is 4.74 Å². The standard InChI is InChI=1S/C14H25F3N2O/c1-3-9-19-13(4-2,12-18)7-5-10-20-11-6-8-14(15,16)17/h19H,3-11H2,1-2H3. The van der Waals surface area contributed by atoms with Crippen LogP contribution in [-0.4, -0.2) is 31.5 Å². The molecular formula is C14H25F3N2O. The molecule has 0 aliphatic carbocycles. The Balaban J connectivity index is 3.77. The van der Waals surface area contributed by atoms with Crippen LogP contribution in [0.1, 0.15) is 52.4 Å². The van der Waals surface area contributed by atoms with Crippen LogP contribution in [-0.2, 0) is 4.74 Å². The highest BCUT2D eigenvalue weighted by atomic mass is 19.4. The van der Waals surface area contributed by atoms with Crippen molar-refractivity contribution in [2.75, 3.05) is 19.8 Å². The smallest absolute Gasteiger partial charge is 0.381 e. The number of nitriles is 1. The van der Waals surface area contributed by atoms with E-state index in [2.05, 4.69) is 11.4 Å². The van der Waals surface area contributed by atoms with Gasteiger partial charge >= 0.3 is 6.18 Å². The van der Waals surface area contributed by atoms with Gasteiger partial charge in [-0.15, -0.1) is 0 Å². The van der Waals surface area contributed by atoms with Gasteiger partial charge in [-0.1, -0.05) is 13.8 Å². The molecule has 0 rings (SSSR count). The average molecular weight is 294 g/mol. The number of alkyl halides is 3. The number of ether oxygens (including phenoxy) is 1. The van der Waals surface area contributed by atoms with E-state index >= 15 is 0 Å². The third-order valence-electron chi connectivity index (χ3n) is 3.17. The van der Waals surface area contributed by atoms with Crippen molar-refractivity contribution < 1.29 is 17.9 Å². The van der Waals surface area contributed by atoms with Gasteiger partial charge in [0.1, 0.15) is 5.54 Å². The fraction of sp³-hybridized carbons (Fsp3) is 0.929. The zero-order chi connectivity index (χ0) is 15.5. The van der Waals surface area contributed by atoms with Gasteiger partial charge in [0.05, 0.1) is 6.07 Å². The molecule has 1 atom stereocenters. The first-order valence-corrected chi connectivity index (χ1v) is 7.20. The molecule has 1 N–H and O–H groups in total. The van der Waals surface area contributed by atoms with Crippen molar-refractivity contribution in [2.24, 2.45) is 0 Å². The van der Waals surface area contributed by atoms with Crippen molar-refractivity contribution in [1.29, 1.82) is 5.26 Å². The Kier molecular flexibility index (Phi) is 9.60. The minimum absolute atomic E-state index is 0.00520. The van der Waals surface area contributed by atoms with Crippen LogP contribution in [0.3, 0.4) is 0 Å². The molecule has 3 nitrogen and oxygen atoms in total. The molecule has 0 saturated carbocycles. The fourth-order valence-electron chi connectivity index (χ4n) is 1.88. The number of nitrogens with one attached hydrogen (secondary N) is 1. The highest BCUT2D eigenvalue weighted by Gasteiger charge is 2.27. The van der Waals surface area contributed by atoms with Crippen molar-refractivity contribution in [3.63, 3.8) is 0 Å². The average Bonchev–Trinajstić information content (AvgIpc) is 2.40. The number of halogens is 3. The first kappa shape index (κ1) is 19.2. The molecule has 0 aromatic heterocycles. The molecule has 0 aromatic rings.